The molecule has 0 radical (unpaired) electrons. The molecule has 1 rings (SSSR count). The maximum atomic E-state index is 13.2. The predicted molar refractivity (Wildman–Crippen MR) is 259 cm³/mol. The number of ether oxygens (including phenoxy) is 16. The van der Waals surface area contributed by atoms with Crippen molar-refractivity contribution in [3.8, 4) is 0 Å². The van der Waals surface area contributed by atoms with Crippen LogP contribution in [0.4, 0.5) is 0 Å². The van der Waals surface area contributed by atoms with Crippen molar-refractivity contribution in [2.45, 2.75) is 38.5 Å². The minimum absolute atomic E-state index is 0.0236. The summed E-state index contributed by atoms with van der Waals surface area (Å²) in [7, 11) is 0. The van der Waals surface area contributed by atoms with E-state index in [9.17, 15) is 24.0 Å². The minimum Gasteiger partial charge on any atom is -0.481 e. The Morgan fingerprint density at radius 1 is 0.329 bits per heavy atom. The van der Waals surface area contributed by atoms with Crippen LogP contribution in [0, 0.1) is 0 Å². The van der Waals surface area contributed by atoms with E-state index in [4.69, 9.17) is 86.0 Å². The first-order valence-corrected chi connectivity index (χ1v) is 25.3. The molecule has 0 saturated heterocycles. The van der Waals surface area contributed by atoms with Crippen LogP contribution < -0.4 is 0 Å². The SMILES string of the molecule is O=C(O)CCOCCOCCOCCOCCOCCOCCOCCOCCN(CCOCCOCCOCCOCCOCCOCCOCCOCCC(=O)O)C(=O)CCCCCN1C(=O)C=CC1=O. The zero-order valence-corrected chi connectivity index (χ0v) is 43.0. The van der Waals surface area contributed by atoms with E-state index in [-0.39, 0.29) is 43.8 Å². The number of hydrogen-bond acceptors (Lipinski definition) is 21. The Morgan fingerprint density at radius 3 is 0.808 bits per heavy atom. The smallest absolute Gasteiger partial charge is 0.305 e. The van der Waals surface area contributed by atoms with Gasteiger partial charge in [-0.15, -0.1) is 0 Å². The number of carbonyl (C=O) groups excluding carboxylic acids is 3. The summed E-state index contributed by atoms with van der Waals surface area (Å²) in [6, 6.07) is 0. The Morgan fingerprint density at radius 2 is 0.562 bits per heavy atom. The first-order chi connectivity index (χ1) is 35.8. The molecule has 0 aromatic rings. The van der Waals surface area contributed by atoms with Crippen molar-refractivity contribution in [1.82, 2.24) is 9.80 Å². The Labute approximate surface area is 430 Å². The van der Waals surface area contributed by atoms with Crippen LogP contribution in [0.2, 0.25) is 0 Å². The van der Waals surface area contributed by atoms with Crippen molar-refractivity contribution in [3.63, 3.8) is 0 Å². The van der Waals surface area contributed by atoms with Crippen LogP contribution in [0.5, 0.6) is 0 Å². The standard InChI is InChI=1S/C48H86N2O23/c51-44(4-2-1-3-9-50-45(52)5-6-46(50)53)49(10-14-60-18-22-64-26-30-68-34-38-72-42-40-70-36-32-66-28-24-62-20-16-58-12-7-47(54)55)11-15-61-19-23-65-27-31-69-35-39-73-43-41-71-37-33-67-29-25-63-21-17-59-13-8-48(56)57/h5-6H,1-4,7-43H2,(H,54,55)(H,56,57). The lowest BCUT2D eigenvalue weighted by atomic mass is 10.1. The monoisotopic (exact) mass is 1060 g/mol. The van der Waals surface area contributed by atoms with Crippen LogP contribution in [0.25, 0.3) is 0 Å². The molecule has 0 saturated carbocycles. The van der Waals surface area contributed by atoms with Gasteiger partial charge in [-0.2, -0.15) is 0 Å². The van der Waals surface area contributed by atoms with Gasteiger partial charge in [0.05, 0.1) is 224 Å². The number of amides is 3. The van der Waals surface area contributed by atoms with E-state index < -0.39 is 11.9 Å². The Balaban J connectivity index is 2.03. The second-order valence-electron chi connectivity index (χ2n) is 15.4. The fourth-order valence-electron chi connectivity index (χ4n) is 5.85. The Hall–Kier alpha value is -3.35. The predicted octanol–water partition coefficient (Wildman–Crippen LogP) is 0.515. The molecule has 0 aromatic carbocycles. The maximum absolute atomic E-state index is 13.2. The molecule has 0 bridgehead atoms. The number of carboxylic acids is 2. The van der Waals surface area contributed by atoms with Crippen LogP contribution in [-0.4, -0.2) is 281 Å². The topological polar surface area (TPSA) is 280 Å². The van der Waals surface area contributed by atoms with Gasteiger partial charge in [0.2, 0.25) is 5.91 Å². The molecule has 2 N–H and O–H groups in total. The normalized spacial score (nSPS) is 12.5. The zero-order valence-electron chi connectivity index (χ0n) is 43.0. The number of imide groups is 1. The van der Waals surface area contributed by atoms with Gasteiger partial charge in [0, 0.05) is 38.2 Å². The van der Waals surface area contributed by atoms with Gasteiger partial charge in [0.1, 0.15) is 0 Å². The molecule has 1 aliphatic heterocycles. The molecular weight excluding hydrogens is 973 g/mol. The minimum atomic E-state index is -0.891. The molecule has 25 nitrogen and oxygen atoms in total. The van der Waals surface area contributed by atoms with Gasteiger partial charge in [-0.05, 0) is 12.8 Å². The van der Waals surface area contributed by atoms with Gasteiger partial charge in [-0.25, -0.2) is 0 Å². The molecule has 0 atom stereocenters. The van der Waals surface area contributed by atoms with Gasteiger partial charge >= 0.3 is 11.9 Å². The summed E-state index contributed by atoms with van der Waals surface area (Å²) in [6.07, 6.45) is 4.75. The third-order valence-electron chi connectivity index (χ3n) is 9.67. The summed E-state index contributed by atoms with van der Waals surface area (Å²) >= 11 is 0. The highest BCUT2D eigenvalue weighted by Gasteiger charge is 2.22. The summed E-state index contributed by atoms with van der Waals surface area (Å²) in [5.41, 5.74) is 0. The van der Waals surface area contributed by atoms with Crippen molar-refractivity contribution in [3.05, 3.63) is 12.2 Å². The van der Waals surface area contributed by atoms with E-state index in [1.165, 1.54) is 17.1 Å². The molecular formula is C48H86N2O23. The number of aliphatic carboxylic acids is 2. The number of carbonyl (C=O) groups is 5. The van der Waals surface area contributed by atoms with Crippen molar-refractivity contribution in [2.24, 2.45) is 0 Å². The van der Waals surface area contributed by atoms with Gasteiger partial charge in [-0.1, -0.05) is 6.42 Å². The summed E-state index contributed by atoms with van der Waals surface area (Å²) in [6.45, 7) is 13.5. The first-order valence-electron chi connectivity index (χ1n) is 25.3. The van der Waals surface area contributed by atoms with Gasteiger partial charge in [0.15, 0.2) is 0 Å². The Kier molecular flexibility index (Phi) is 49.6. The van der Waals surface area contributed by atoms with Crippen LogP contribution in [-0.2, 0) is 99.8 Å². The average Bonchev–Trinajstić information content (AvgIpc) is 3.69. The lowest BCUT2D eigenvalue weighted by molar-refractivity contribution is -0.139. The van der Waals surface area contributed by atoms with Gasteiger partial charge in [0.25, 0.3) is 11.8 Å². The number of hydrogen-bond donors (Lipinski definition) is 2. The number of rotatable bonds is 60. The molecule has 0 aromatic heterocycles. The Bertz CT molecular complexity index is 1270. The van der Waals surface area contributed by atoms with Crippen molar-refractivity contribution >= 4 is 29.7 Å². The van der Waals surface area contributed by atoms with Crippen LogP contribution in [0.3, 0.4) is 0 Å². The fraction of sp³-hybridized carbons (Fsp3) is 0.854. The zero-order chi connectivity index (χ0) is 52.8. The van der Waals surface area contributed by atoms with E-state index in [2.05, 4.69) is 0 Å². The number of unbranched alkanes of at least 4 members (excludes halogenated alkanes) is 2. The second kappa shape index (κ2) is 53.5. The summed E-state index contributed by atoms with van der Waals surface area (Å²) in [5.74, 6) is -2.42. The van der Waals surface area contributed by atoms with Crippen molar-refractivity contribution < 1.29 is 110 Å². The molecule has 0 spiro atoms. The van der Waals surface area contributed by atoms with Crippen molar-refractivity contribution in [1.29, 1.82) is 0 Å². The highest BCUT2D eigenvalue weighted by Crippen LogP contribution is 2.09. The van der Waals surface area contributed by atoms with Crippen LogP contribution in [0.15, 0.2) is 12.2 Å². The maximum Gasteiger partial charge on any atom is 0.305 e. The third-order valence-corrected chi connectivity index (χ3v) is 9.67. The molecule has 3 amide bonds. The lowest BCUT2D eigenvalue weighted by Crippen LogP contribution is -2.37. The van der Waals surface area contributed by atoms with Crippen molar-refractivity contribution in [2.75, 3.05) is 231 Å². The summed E-state index contributed by atoms with van der Waals surface area (Å²) < 4.78 is 87.5. The van der Waals surface area contributed by atoms with E-state index >= 15 is 0 Å². The van der Waals surface area contributed by atoms with E-state index in [1.807, 2.05) is 0 Å². The molecule has 0 fully saturated rings. The van der Waals surface area contributed by atoms with E-state index in [1.54, 1.807) is 4.90 Å². The summed E-state index contributed by atoms with van der Waals surface area (Å²) in [5, 5.41) is 17.1. The van der Waals surface area contributed by atoms with E-state index in [0.29, 0.717) is 244 Å². The van der Waals surface area contributed by atoms with Crippen LogP contribution in [0.1, 0.15) is 38.5 Å². The molecule has 0 unspecified atom stereocenters. The van der Waals surface area contributed by atoms with Crippen LogP contribution >= 0.6 is 0 Å². The highest BCUT2D eigenvalue weighted by molar-refractivity contribution is 6.12. The van der Waals surface area contributed by atoms with E-state index in [0.717, 1.165) is 0 Å². The third kappa shape index (κ3) is 48.1. The molecule has 1 aliphatic rings. The second-order valence-corrected chi connectivity index (χ2v) is 15.4. The lowest BCUT2D eigenvalue weighted by Gasteiger charge is -2.23. The molecule has 0 aliphatic carbocycles. The molecule has 25 heteroatoms. The molecule has 426 valence electrons. The average molecular weight is 1060 g/mol. The highest BCUT2D eigenvalue weighted by atomic mass is 16.6. The molecule has 73 heavy (non-hydrogen) atoms. The molecule has 1 heterocycles. The summed E-state index contributed by atoms with van der Waals surface area (Å²) in [4.78, 5) is 60.5. The van der Waals surface area contributed by atoms with Gasteiger partial charge < -0.3 is 90.9 Å². The number of nitrogens with zero attached hydrogens (tertiary/aromatic N) is 2. The van der Waals surface area contributed by atoms with Gasteiger partial charge in [-0.3, -0.25) is 28.9 Å². The largest absolute Gasteiger partial charge is 0.481 e. The first kappa shape index (κ1) is 67.7. The fourth-order valence-corrected chi connectivity index (χ4v) is 5.85. The quantitative estimate of drug-likeness (QED) is 0.0620. The number of carboxylic acid groups (broad SMARTS) is 2.